The summed E-state index contributed by atoms with van der Waals surface area (Å²) in [4.78, 5) is 5.71. The summed E-state index contributed by atoms with van der Waals surface area (Å²) in [6, 6.07) is 13.8. The van der Waals surface area contributed by atoms with Crippen molar-refractivity contribution < 1.29 is 5.11 Å². The lowest BCUT2D eigenvalue weighted by atomic mass is 10.1. The highest BCUT2D eigenvalue weighted by Gasteiger charge is 2.13. The van der Waals surface area contributed by atoms with Gasteiger partial charge in [0.1, 0.15) is 6.10 Å². The van der Waals surface area contributed by atoms with Gasteiger partial charge in [-0.25, -0.2) is 4.98 Å². The lowest BCUT2D eigenvalue weighted by Gasteiger charge is -2.09. The second kappa shape index (κ2) is 4.52. The summed E-state index contributed by atoms with van der Waals surface area (Å²) in [5.41, 5.74) is 2.53. The number of nitrogens with zero attached hydrogens (tertiary/aromatic N) is 1. The van der Waals surface area contributed by atoms with Gasteiger partial charge in [-0.2, -0.15) is 0 Å². The number of rotatable bonds is 2. The molecule has 18 heavy (non-hydrogen) atoms. The SMILES string of the molecule is Cc1cc(C(O)c2ccc3ccccc3n2)cs1. The summed E-state index contributed by atoms with van der Waals surface area (Å²) in [5.74, 6) is 0. The first-order valence-corrected chi connectivity index (χ1v) is 6.71. The molecule has 0 saturated carbocycles. The molecule has 1 N–H and O–H groups in total. The van der Waals surface area contributed by atoms with Gasteiger partial charge >= 0.3 is 0 Å². The maximum absolute atomic E-state index is 10.3. The average Bonchev–Trinajstić information content (AvgIpc) is 2.84. The van der Waals surface area contributed by atoms with Crippen molar-refractivity contribution in [2.45, 2.75) is 13.0 Å². The van der Waals surface area contributed by atoms with Gasteiger partial charge in [-0.05, 0) is 36.1 Å². The molecule has 2 nitrogen and oxygen atoms in total. The predicted molar refractivity (Wildman–Crippen MR) is 74.9 cm³/mol. The molecule has 0 aliphatic heterocycles. The molecule has 0 amide bonds. The summed E-state index contributed by atoms with van der Waals surface area (Å²) in [6.07, 6.45) is -0.639. The lowest BCUT2D eigenvalue weighted by molar-refractivity contribution is 0.216. The topological polar surface area (TPSA) is 33.1 Å². The second-order valence-electron chi connectivity index (χ2n) is 4.32. The summed E-state index contributed by atoms with van der Waals surface area (Å²) in [7, 11) is 0. The molecule has 90 valence electrons. The standard InChI is InChI=1S/C15H13NOS/c1-10-8-12(9-18-10)15(17)14-7-6-11-4-2-3-5-13(11)16-14/h2-9,15,17H,1H3. The van der Waals surface area contributed by atoms with Gasteiger partial charge < -0.3 is 5.11 Å². The molecule has 2 aromatic heterocycles. The van der Waals surface area contributed by atoms with Crippen LogP contribution in [0.5, 0.6) is 0 Å². The third-order valence-electron chi connectivity index (χ3n) is 2.97. The van der Waals surface area contributed by atoms with E-state index in [4.69, 9.17) is 0 Å². The molecule has 2 heterocycles. The van der Waals surface area contributed by atoms with E-state index in [9.17, 15) is 5.11 Å². The van der Waals surface area contributed by atoms with Crippen molar-refractivity contribution in [2.75, 3.05) is 0 Å². The molecule has 1 unspecified atom stereocenters. The highest BCUT2D eigenvalue weighted by Crippen LogP contribution is 2.26. The highest BCUT2D eigenvalue weighted by molar-refractivity contribution is 7.10. The molecule has 0 radical (unpaired) electrons. The lowest BCUT2D eigenvalue weighted by Crippen LogP contribution is -2.01. The molecule has 3 aromatic rings. The van der Waals surface area contributed by atoms with E-state index in [1.807, 2.05) is 54.8 Å². The Morgan fingerprint density at radius 2 is 2.00 bits per heavy atom. The molecule has 0 aliphatic rings. The molecular formula is C15H13NOS. The van der Waals surface area contributed by atoms with Crippen LogP contribution in [0.4, 0.5) is 0 Å². The maximum atomic E-state index is 10.3. The maximum Gasteiger partial charge on any atom is 0.122 e. The van der Waals surface area contributed by atoms with Gasteiger partial charge in [-0.15, -0.1) is 11.3 Å². The van der Waals surface area contributed by atoms with E-state index < -0.39 is 6.10 Å². The van der Waals surface area contributed by atoms with Crippen LogP contribution in [-0.4, -0.2) is 10.1 Å². The van der Waals surface area contributed by atoms with Crippen molar-refractivity contribution >= 4 is 22.2 Å². The Hall–Kier alpha value is -1.71. The Kier molecular flexibility index (Phi) is 2.86. The number of aromatic nitrogens is 1. The molecule has 0 aliphatic carbocycles. The Balaban J connectivity index is 2.03. The van der Waals surface area contributed by atoms with Gasteiger partial charge in [0.05, 0.1) is 11.2 Å². The minimum absolute atomic E-state index is 0.639. The number of aliphatic hydroxyl groups excluding tert-OH is 1. The minimum atomic E-state index is -0.639. The van der Waals surface area contributed by atoms with Gasteiger partial charge in [0.25, 0.3) is 0 Å². The van der Waals surface area contributed by atoms with Crippen LogP contribution in [0.25, 0.3) is 10.9 Å². The van der Waals surface area contributed by atoms with E-state index >= 15 is 0 Å². The van der Waals surface area contributed by atoms with E-state index in [-0.39, 0.29) is 0 Å². The average molecular weight is 255 g/mol. The van der Waals surface area contributed by atoms with Crippen molar-refractivity contribution in [1.29, 1.82) is 0 Å². The molecule has 1 aromatic carbocycles. The van der Waals surface area contributed by atoms with Gasteiger partial charge in [-0.3, -0.25) is 0 Å². The number of benzene rings is 1. The number of para-hydroxylation sites is 1. The number of aliphatic hydroxyl groups is 1. The monoisotopic (exact) mass is 255 g/mol. The summed E-state index contributed by atoms with van der Waals surface area (Å²) in [5, 5.41) is 13.4. The Labute approximate surface area is 110 Å². The number of fused-ring (bicyclic) bond motifs is 1. The smallest absolute Gasteiger partial charge is 0.122 e. The van der Waals surface area contributed by atoms with E-state index in [2.05, 4.69) is 4.98 Å². The molecular weight excluding hydrogens is 242 g/mol. The fourth-order valence-corrected chi connectivity index (χ4v) is 2.74. The van der Waals surface area contributed by atoms with Crippen molar-refractivity contribution in [3.05, 3.63) is 64.0 Å². The van der Waals surface area contributed by atoms with E-state index in [0.717, 1.165) is 16.5 Å². The largest absolute Gasteiger partial charge is 0.382 e. The number of thiophene rings is 1. The van der Waals surface area contributed by atoms with Crippen LogP contribution in [0, 0.1) is 6.92 Å². The highest BCUT2D eigenvalue weighted by atomic mass is 32.1. The minimum Gasteiger partial charge on any atom is -0.382 e. The molecule has 0 saturated heterocycles. The Morgan fingerprint density at radius 1 is 1.17 bits per heavy atom. The van der Waals surface area contributed by atoms with Crippen molar-refractivity contribution in [3.8, 4) is 0 Å². The molecule has 3 rings (SSSR count). The third-order valence-corrected chi connectivity index (χ3v) is 3.85. The van der Waals surface area contributed by atoms with Crippen LogP contribution in [0.3, 0.4) is 0 Å². The number of hydrogen-bond donors (Lipinski definition) is 1. The zero-order chi connectivity index (χ0) is 12.5. The zero-order valence-corrected chi connectivity index (χ0v) is 10.8. The van der Waals surface area contributed by atoms with Crippen LogP contribution >= 0.6 is 11.3 Å². The van der Waals surface area contributed by atoms with Gasteiger partial charge in [-0.1, -0.05) is 24.3 Å². The summed E-state index contributed by atoms with van der Waals surface area (Å²) in [6.45, 7) is 2.04. The summed E-state index contributed by atoms with van der Waals surface area (Å²) < 4.78 is 0. The third kappa shape index (κ3) is 2.03. The van der Waals surface area contributed by atoms with Crippen molar-refractivity contribution in [1.82, 2.24) is 4.98 Å². The Morgan fingerprint density at radius 3 is 2.78 bits per heavy atom. The van der Waals surface area contributed by atoms with Crippen LogP contribution < -0.4 is 0 Å². The van der Waals surface area contributed by atoms with E-state index in [1.54, 1.807) is 11.3 Å². The molecule has 3 heteroatoms. The molecule has 1 atom stereocenters. The Bertz CT molecular complexity index is 690. The first-order chi connectivity index (χ1) is 8.74. The van der Waals surface area contributed by atoms with Crippen LogP contribution in [0.1, 0.15) is 22.2 Å². The van der Waals surface area contributed by atoms with Crippen molar-refractivity contribution in [3.63, 3.8) is 0 Å². The fourth-order valence-electron chi connectivity index (χ4n) is 2.01. The van der Waals surface area contributed by atoms with Gasteiger partial charge in [0, 0.05) is 10.3 Å². The van der Waals surface area contributed by atoms with Crippen molar-refractivity contribution in [2.24, 2.45) is 0 Å². The van der Waals surface area contributed by atoms with Gasteiger partial charge in [0.2, 0.25) is 0 Å². The first kappa shape index (κ1) is 11.4. The molecule has 0 bridgehead atoms. The van der Waals surface area contributed by atoms with Crippen LogP contribution in [0.2, 0.25) is 0 Å². The summed E-state index contributed by atoms with van der Waals surface area (Å²) >= 11 is 1.64. The van der Waals surface area contributed by atoms with Crippen LogP contribution in [0.15, 0.2) is 47.8 Å². The number of hydrogen-bond acceptors (Lipinski definition) is 3. The van der Waals surface area contributed by atoms with E-state index in [1.165, 1.54) is 4.88 Å². The predicted octanol–water partition coefficient (Wildman–Crippen LogP) is 3.69. The first-order valence-electron chi connectivity index (χ1n) is 5.83. The number of aryl methyl sites for hydroxylation is 1. The second-order valence-corrected chi connectivity index (χ2v) is 5.44. The quantitative estimate of drug-likeness (QED) is 0.757. The van der Waals surface area contributed by atoms with Crippen LogP contribution in [-0.2, 0) is 0 Å². The normalized spacial score (nSPS) is 12.8. The molecule has 0 fully saturated rings. The molecule has 0 spiro atoms. The van der Waals surface area contributed by atoms with E-state index in [0.29, 0.717) is 5.69 Å². The van der Waals surface area contributed by atoms with Gasteiger partial charge in [0.15, 0.2) is 0 Å². The fraction of sp³-hybridized carbons (Fsp3) is 0.133. The number of pyridine rings is 1. The zero-order valence-electron chi connectivity index (χ0n) is 10.00.